The Hall–Kier alpha value is -1.76. The standard InChI is InChI=1S/C20H24ClNO5/c21-16-13-15(14-17-19(16)26-12-11-25-17)1-2-18(23)22-6-3-20(27-10-7-22)4-8-24-9-5-20/h1-2,13-14H,3-12H2/b2-1+. The number of halogens is 1. The highest BCUT2D eigenvalue weighted by molar-refractivity contribution is 6.32. The van der Waals surface area contributed by atoms with Crippen molar-refractivity contribution in [3.63, 3.8) is 0 Å². The number of nitrogens with zero attached hydrogens (tertiary/aromatic N) is 1. The quantitative estimate of drug-likeness (QED) is 0.723. The van der Waals surface area contributed by atoms with Crippen LogP contribution in [0, 0.1) is 0 Å². The van der Waals surface area contributed by atoms with Crippen LogP contribution in [0.2, 0.25) is 5.02 Å². The molecule has 1 aromatic carbocycles. The number of benzene rings is 1. The third kappa shape index (κ3) is 4.23. The number of carbonyl (C=O) groups excluding carboxylic acids is 1. The van der Waals surface area contributed by atoms with Gasteiger partial charge in [0.2, 0.25) is 5.91 Å². The van der Waals surface area contributed by atoms with Gasteiger partial charge in [0.15, 0.2) is 11.5 Å². The van der Waals surface area contributed by atoms with Crippen LogP contribution in [0.1, 0.15) is 24.8 Å². The number of hydrogen-bond donors (Lipinski definition) is 0. The van der Waals surface area contributed by atoms with Crippen molar-refractivity contribution in [2.45, 2.75) is 24.9 Å². The molecule has 0 atom stereocenters. The molecule has 0 radical (unpaired) electrons. The lowest BCUT2D eigenvalue weighted by Crippen LogP contribution is -2.39. The third-order valence-corrected chi connectivity index (χ3v) is 5.64. The van der Waals surface area contributed by atoms with Gasteiger partial charge < -0.3 is 23.8 Å². The fourth-order valence-corrected chi connectivity index (χ4v) is 4.03. The number of fused-ring (bicyclic) bond motifs is 1. The maximum Gasteiger partial charge on any atom is 0.246 e. The Kier molecular flexibility index (Phi) is 5.57. The lowest BCUT2D eigenvalue weighted by molar-refractivity contribution is -0.126. The first-order valence-corrected chi connectivity index (χ1v) is 9.81. The van der Waals surface area contributed by atoms with E-state index in [1.54, 1.807) is 18.2 Å². The van der Waals surface area contributed by atoms with Crippen molar-refractivity contribution < 1.29 is 23.7 Å². The molecule has 0 bridgehead atoms. The minimum atomic E-state index is -0.125. The fraction of sp³-hybridized carbons (Fsp3) is 0.550. The lowest BCUT2D eigenvalue weighted by atomic mass is 9.90. The molecule has 0 saturated carbocycles. The molecule has 0 N–H and O–H groups in total. The molecule has 3 aliphatic heterocycles. The molecular formula is C20H24ClNO5. The van der Waals surface area contributed by atoms with Gasteiger partial charge in [0.1, 0.15) is 13.2 Å². The second kappa shape index (κ2) is 8.09. The molecule has 1 spiro atoms. The van der Waals surface area contributed by atoms with Gasteiger partial charge in [0, 0.05) is 32.4 Å². The average Bonchev–Trinajstić information content (AvgIpc) is 2.89. The van der Waals surface area contributed by atoms with Gasteiger partial charge in [-0.15, -0.1) is 0 Å². The summed E-state index contributed by atoms with van der Waals surface area (Å²) in [4.78, 5) is 14.5. The van der Waals surface area contributed by atoms with Gasteiger partial charge >= 0.3 is 0 Å². The first-order chi connectivity index (χ1) is 13.2. The average molecular weight is 394 g/mol. The van der Waals surface area contributed by atoms with Crippen LogP contribution in [0.25, 0.3) is 6.08 Å². The molecule has 6 nitrogen and oxygen atoms in total. The number of hydrogen-bond acceptors (Lipinski definition) is 5. The van der Waals surface area contributed by atoms with Gasteiger partial charge in [0.05, 0.1) is 17.2 Å². The highest BCUT2D eigenvalue weighted by atomic mass is 35.5. The van der Waals surface area contributed by atoms with Gasteiger partial charge in [-0.05, 0) is 43.0 Å². The molecule has 3 heterocycles. The maximum atomic E-state index is 12.6. The Morgan fingerprint density at radius 3 is 2.70 bits per heavy atom. The molecule has 4 rings (SSSR count). The van der Waals surface area contributed by atoms with Crippen molar-refractivity contribution in [2.75, 3.05) is 46.1 Å². The van der Waals surface area contributed by atoms with Crippen LogP contribution in [0.15, 0.2) is 18.2 Å². The molecule has 27 heavy (non-hydrogen) atoms. The van der Waals surface area contributed by atoms with Crippen molar-refractivity contribution in [3.8, 4) is 11.5 Å². The van der Waals surface area contributed by atoms with E-state index in [0.29, 0.717) is 49.4 Å². The monoisotopic (exact) mass is 393 g/mol. The topological polar surface area (TPSA) is 57.2 Å². The zero-order valence-electron chi connectivity index (χ0n) is 15.2. The summed E-state index contributed by atoms with van der Waals surface area (Å²) in [6.07, 6.45) is 6.01. The van der Waals surface area contributed by atoms with E-state index in [4.69, 9.17) is 30.5 Å². The summed E-state index contributed by atoms with van der Waals surface area (Å²) in [5.74, 6) is 1.16. The molecule has 1 amide bonds. The zero-order chi connectivity index (χ0) is 18.7. The van der Waals surface area contributed by atoms with E-state index in [-0.39, 0.29) is 11.5 Å². The number of rotatable bonds is 2. The van der Waals surface area contributed by atoms with Crippen molar-refractivity contribution in [1.82, 2.24) is 4.90 Å². The molecule has 0 aliphatic carbocycles. The van der Waals surface area contributed by atoms with Crippen molar-refractivity contribution in [2.24, 2.45) is 0 Å². The zero-order valence-corrected chi connectivity index (χ0v) is 16.0. The predicted octanol–water partition coefficient (Wildman–Crippen LogP) is 2.92. The lowest BCUT2D eigenvalue weighted by Gasteiger charge is -2.35. The molecule has 0 unspecified atom stereocenters. The SMILES string of the molecule is O=C(/C=C/c1cc(Cl)c2c(c1)OCCO2)N1CCOC2(CCOCC2)CC1. The van der Waals surface area contributed by atoms with Gasteiger partial charge in [0.25, 0.3) is 0 Å². The summed E-state index contributed by atoms with van der Waals surface area (Å²) in [5.41, 5.74) is 0.685. The minimum absolute atomic E-state index is 0.0197. The first kappa shape index (κ1) is 18.6. The van der Waals surface area contributed by atoms with E-state index in [0.717, 1.165) is 38.0 Å². The molecule has 146 valence electrons. The molecule has 2 saturated heterocycles. The van der Waals surface area contributed by atoms with Gasteiger partial charge in [-0.25, -0.2) is 0 Å². The van der Waals surface area contributed by atoms with Crippen molar-refractivity contribution in [1.29, 1.82) is 0 Å². The van der Waals surface area contributed by atoms with E-state index in [2.05, 4.69) is 0 Å². The van der Waals surface area contributed by atoms with Crippen LogP contribution in [0.3, 0.4) is 0 Å². The van der Waals surface area contributed by atoms with Crippen molar-refractivity contribution >= 4 is 23.6 Å². The van der Waals surface area contributed by atoms with Crippen LogP contribution in [-0.4, -0.2) is 62.5 Å². The molecule has 0 aromatic heterocycles. The fourth-order valence-electron chi connectivity index (χ4n) is 3.75. The van der Waals surface area contributed by atoms with Crippen LogP contribution in [0.4, 0.5) is 0 Å². The third-order valence-electron chi connectivity index (χ3n) is 5.36. The minimum Gasteiger partial charge on any atom is -0.486 e. The van der Waals surface area contributed by atoms with Crippen LogP contribution in [0.5, 0.6) is 11.5 Å². The number of carbonyl (C=O) groups is 1. The summed E-state index contributed by atoms with van der Waals surface area (Å²) in [6, 6.07) is 3.62. The molecule has 1 aromatic rings. The Morgan fingerprint density at radius 1 is 1.04 bits per heavy atom. The molecule has 2 fully saturated rings. The summed E-state index contributed by atoms with van der Waals surface area (Å²) >= 11 is 6.25. The van der Waals surface area contributed by atoms with E-state index in [1.807, 2.05) is 11.0 Å². The highest BCUT2D eigenvalue weighted by Crippen LogP contribution is 2.38. The Bertz CT molecular complexity index is 729. The summed E-state index contributed by atoms with van der Waals surface area (Å²) in [5, 5.41) is 0.490. The first-order valence-electron chi connectivity index (χ1n) is 9.43. The Labute approximate surface area is 164 Å². The van der Waals surface area contributed by atoms with Crippen LogP contribution >= 0.6 is 11.6 Å². The normalized spacial score (nSPS) is 22.0. The predicted molar refractivity (Wildman–Crippen MR) is 101 cm³/mol. The van der Waals surface area contributed by atoms with Crippen LogP contribution < -0.4 is 9.47 Å². The van der Waals surface area contributed by atoms with Crippen molar-refractivity contribution in [3.05, 3.63) is 28.8 Å². The Morgan fingerprint density at radius 2 is 1.85 bits per heavy atom. The number of ether oxygens (including phenoxy) is 4. The summed E-state index contributed by atoms with van der Waals surface area (Å²) in [6.45, 7) is 4.33. The molecule has 3 aliphatic rings. The van der Waals surface area contributed by atoms with Crippen LogP contribution in [-0.2, 0) is 14.3 Å². The molecular weight excluding hydrogens is 370 g/mol. The van der Waals surface area contributed by atoms with Gasteiger partial charge in [-0.1, -0.05) is 11.6 Å². The van der Waals surface area contributed by atoms with E-state index >= 15 is 0 Å². The van der Waals surface area contributed by atoms with E-state index in [1.165, 1.54) is 0 Å². The van der Waals surface area contributed by atoms with E-state index in [9.17, 15) is 4.79 Å². The van der Waals surface area contributed by atoms with Gasteiger partial charge in [-0.2, -0.15) is 0 Å². The maximum absolute atomic E-state index is 12.6. The second-order valence-corrected chi connectivity index (χ2v) is 7.49. The summed E-state index contributed by atoms with van der Waals surface area (Å²) in [7, 11) is 0. The Balaban J connectivity index is 1.41. The highest BCUT2D eigenvalue weighted by Gasteiger charge is 2.36. The smallest absolute Gasteiger partial charge is 0.246 e. The van der Waals surface area contributed by atoms with Gasteiger partial charge in [-0.3, -0.25) is 4.79 Å². The van der Waals surface area contributed by atoms with E-state index < -0.39 is 0 Å². The number of amides is 1. The summed E-state index contributed by atoms with van der Waals surface area (Å²) < 4.78 is 22.7. The largest absolute Gasteiger partial charge is 0.486 e. The molecule has 7 heteroatoms. The second-order valence-electron chi connectivity index (χ2n) is 7.08.